The van der Waals surface area contributed by atoms with E-state index in [1.165, 1.54) is 0 Å². The Labute approximate surface area is 99.3 Å². The number of piperazine rings is 1. The molecule has 1 aliphatic rings. The number of carboxylic acids is 1. The highest BCUT2D eigenvalue weighted by Crippen LogP contribution is 2.20. The van der Waals surface area contributed by atoms with Crippen molar-refractivity contribution >= 4 is 11.7 Å². The van der Waals surface area contributed by atoms with Gasteiger partial charge in [-0.3, -0.25) is 4.79 Å². The SMILES string of the molecule is N#Cc1ccccc1N1CCNC(C(=O)O)C1. The first-order valence-corrected chi connectivity index (χ1v) is 5.42. The fraction of sp³-hybridized carbons (Fsp3) is 0.333. The van der Waals surface area contributed by atoms with E-state index in [2.05, 4.69) is 11.4 Å². The van der Waals surface area contributed by atoms with Gasteiger partial charge < -0.3 is 15.3 Å². The molecule has 2 rings (SSSR count). The van der Waals surface area contributed by atoms with E-state index >= 15 is 0 Å². The van der Waals surface area contributed by atoms with Gasteiger partial charge in [-0.2, -0.15) is 5.26 Å². The molecule has 88 valence electrons. The number of carbonyl (C=O) groups is 1. The normalized spacial score (nSPS) is 19.7. The molecule has 0 radical (unpaired) electrons. The van der Waals surface area contributed by atoms with Gasteiger partial charge in [0, 0.05) is 19.6 Å². The van der Waals surface area contributed by atoms with Crippen LogP contribution in [0.25, 0.3) is 0 Å². The standard InChI is InChI=1S/C12H13N3O2/c13-7-9-3-1-2-4-11(9)15-6-5-14-10(8-15)12(16)17/h1-4,10,14H,5-6,8H2,(H,16,17). The van der Waals surface area contributed by atoms with E-state index in [1.807, 2.05) is 17.0 Å². The second-order valence-corrected chi connectivity index (χ2v) is 3.92. The first kappa shape index (κ1) is 11.4. The molecule has 0 bridgehead atoms. The molecule has 1 unspecified atom stereocenters. The summed E-state index contributed by atoms with van der Waals surface area (Å²) in [6.07, 6.45) is 0. The van der Waals surface area contributed by atoms with Gasteiger partial charge in [-0.25, -0.2) is 0 Å². The first-order chi connectivity index (χ1) is 8.22. The van der Waals surface area contributed by atoms with Crippen LogP contribution in [-0.4, -0.2) is 36.8 Å². The van der Waals surface area contributed by atoms with Crippen LogP contribution in [0.4, 0.5) is 5.69 Å². The maximum absolute atomic E-state index is 10.9. The number of anilines is 1. The Bertz CT molecular complexity index is 467. The van der Waals surface area contributed by atoms with E-state index in [9.17, 15) is 4.79 Å². The third-order valence-electron chi connectivity index (χ3n) is 2.84. The van der Waals surface area contributed by atoms with Crippen LogP contribution in [-0.2, 0) is 4.79 Å². The number of hydrogen-bond acceptors (Lipinski definition) is 4. The fourth-order valence-corrected chi connectivity index (χ4v) is 1.98. The number of nitrogens with one attached hydrogen (secondary N) is 1. The molecule has 1 aromatic rings. The largest absolute Gasteiger partial charge is 0.480 e. The van der Waals surface area contributed by atoms with E-state index < -0.39 is 12.0 Å². The van der Waals surface area contributed by atoms with Crippen LogP contribution < -0.4 is 10.2 Å². The predicted molar refractivity (Wildman–Crippen MR) is 62.8 cm³/mol. The average molecular weight is 231 g/mol. The molecule has 0 amide bonds. The van der Waals surface area contributed by atoms with Crippen LogP contribution >= 0.6 is 0 Å². The van der Waals surface area contributed by atoms with Crippen molar-refractivity contribution in [3.8, 4) is 6.07 Å². The van der Waals surface area contributed by atoms with Crippen LogP contribution in [0.5, 0.6) is 0 Å². The van der Waals surface area contributed by atoms with Crippen molar-refractivity contribution in [1.29, 1.82) is 5.26 Å². The lowest BCUT2D eigenvalue weighted by molar-refractivity contribution is -0.139. The molecule has 1 heterocycles. The second-order valence-electron chi connectivity index (χ2n) is 3.92. The molecule has 1 aromatic carbocycles. The number of aliphatic carboxylic acids is 1. The predicted octanol–water partition coefficient (Wildman–Crippen LogP) is 0.421. The zero-order valence-corrected chi connectivity index (χ0v) is 9.26. The monoisotopic (exact) mass is 231 g/mol. The summed E-state index contributed by atoms with van der Waals surface area (Å²) < 4.78 is 0. The molecule has 2 N–H and O–H groups in total. The number of nitriles is 1. The van der Waals surface area contributed by atoms with Crippen LogP contribution in [0.15, 0.2) is 24.3 Å². The number of benzene rings is 1. The maximum atomic E-state index is 10.9. The highest BCUT2D eigenvalue weighted by atomic mass is 16.4. The Morgan fingerprint density at radius 1 is 1.53 bits per heavy atom. The molecule has 1 aliphatic heterocycles. The Balaban J connectivity index is 2.22. The molecule has 0 aliphatic carbocycles. The van der Waals surface area contributed by atoms with Gasteiger partial charge in [0.1, 0.15) is 12.1 Å². The summed E-state index contributed by atoms with van der Waals surface area (Å²) in [6.45, 7) is 1.70. The van der Waals surface area contributed by atoms with Gasteiger partial charge in [0.05, 0.1) is 11.3 Å². The molecule has 0 spiro atoms. The van der Waals surface area contributed by atoms with Crippen LogP contribution in [0.2, 0.25) is 0 Å². The van der Waals surface area contributed by atoms with E-state index in [0.29, 0.717) is 25.2 Å². The minimum atomic E-state index is -0.857. The van der Waals surface area contributed by atoms with Crippen LogP contribution in [0.1, 0.15) is 5.56 Å². The molecule has 17 heavy (non-hydrogen) atoms. The van der Waals surface area contributed by atoms with Crippen molar-refractivity contribution in [3.05, 3.63) is 29.8 Å². The summed E-state index contributed by atoms with van der Waals surface area (Å²) >= 11 is 0. The Kier molecular flexibility index (Phi) is 3.26. The Hall–Kier alpha value is -2.06. The van der Waals surface area contributed by atoms with Crippen LogP contribution in [0, 0.1) is 11.3 Å². The van der Waals surface area contributed by atoms with Crippen molar-refractivity contribution < 1.29 is 9.90 Å². The van der Waals surface area contributed by atoms with Gasteiger partial charge in [0.15, 0.2) is 0 Å². The van der Waals surface area contributed by atoms with Gasteiger partial charge in [0.25, 0.3) is 0 Å². The molecule has 0 saturated carbocycles. The van der Waals surface area contributed by atoms with Crippen molar-refractivity contribution in [3.63, 3.8) is 0 Å². The summed E-state index contributed by atoms with van der Waals surface area (Å²) in [4.78, 5) is 12.9. The molecular weight excluding hydrogens is 218 g/mol. The Morgan fingerprint density at radius 2 is 2.29 bits per heavy atom. The van der Waals surface area contributed by atoms with Gasteiger partial charge in [-0.15, -0.1) is 0 Å². The second kappa shape index (κ2) is 4.85. The quantitative estimate of drug-likeness (QED) is 0.771. The van der Waals surface area contributed by atoms with Crippen molar-refractivity contribution in [2.75, 3.05) is 24.5 Å². The van der Waals surface area contributed by atoms with E-state index in [0.717, 1.165) is 5.69 Å². The maximum Gasteiger partial charge on any atom is 0.322 e. The molecular formula is C12H13N3O2. The zero-order chi connectivity index (χ0) is 12.3. The fourth-order valence-electron chi connectivity index (χ4n) is 1.98. The lowest BCUT2D eigenvalue weighted by Crippen LogP contribution is -2.54. The minimum absolute atomic E-state index is 0.383. The zero-order valence-electron chi connectivity index (χ0n) is 9.26. The number of para-hydroxylation sites is 1. The Morgan fingerprint density at radius 3 is 3.00 bits per heavy atom. The van der Waals surface area contributed by atoms with Gasteiger partial charge in [-0.05, 0) is 12.1 Å². The molecule has 0 aromatic heterocycles. The lowest BCUT2D eigenvalue weighted by Gasteiger charge is -2.33. The topological polar surface area (TPSA) is 76.4 Å². The molecule has 1 atom stereocenters. The average Bonchev–Trinajstić information content (AvgIpc) is 2.39. The summed E-state index contributed by atoms with van der Waals surface area (Å²) in [6, 6.07) is 8.81. The summed E-state index contributed by atoms with van der Waals surface area (Å²) in [5, 5.41) is 20.9. The van der Waals surface area contributed by atoms with Crippen molar-refractivity contribution in [1.82, 2.24) is 5.32 Å². The minimum Gasteiger partial charge on any atom is -0.480 e. The van der Waals surface area contributed by atoms with Gasteiger partial charge in [0.2, 0.25) is 0 Å². The van der Waals surface area contributed by atoms with E-state index in [1.54, 1.807) is 12.1 Å². The smallest absolute Gasteiger partial charge is 0.322 e. The molecule has 5 nitrogen and oxygen atoms in total. The number of nitrogens with zero attached hydrogens (tertiary/aromatic N) is 2. The third kappa shape index (κ3) is 2.37. The summed E-state index contributed by atoms with van der Waals surface area (Å²) in [5.74, 6) is -0.857. The van der Waals surface area contributed by atoms with Gasteiger partial charge >= 0.3 is 5.97 Å². The third-order valence-corrected chi connectivity index (χ3v) is 2.84. The number of carboxylic acid groups (broad SMARTS) is 1. The molecule has 5 heteroatoms. The molecule has 1 saturated heterocycles. The van der Waals surface area contributed by atoms with E-state index in [-0.39, 0.29) is 0 Å². The highest BCUT2D eigenvalue weighted by molar-refractivity contribution is 5.75. The summed E-state index contributed by atoms with van der Waals surface area (Å²) in [7, 11) is 0. The molecule has 1 fully saturated rings. The first-order valence-electron chi connectivity index (χ1n) is 5.42. The lowest BCUT2D eigenvalue weighted by atomic mass is 10.1. The highest BCUT2D eigenvalue weighted by Gasteiger charge is 2.25. The van der Waals surface area contributed by atoms with Crippen molar-refractivity contribution in [2.45, 2.75) is 6.04 Å². The summed E-state index contributed by atoms with van der Waals surface area (Å²) in [5.41, 5.74) is 1.39. The van der Waals surface area contributed by atoms with E-state index in [4.69, 9.17) is 10.4 Å². The van der Waals surface area contributed by atoms with Crippen LogP contribution in [0.3, 0.4) is 0 Å². The van der Waals surface area contributed by atoms with Crippen molar-refractivity contribution in [2.24, 2.45) is 0 Å². The number of hydrogen-bond donors (Lipinski definition) is 2. The number of rotatable bonds is 2. The van der Waals surface area contributed by atoms with Gasteiger partial charge in [-0.1, -0.05) is 12.1 Å².